The normalized spacial score (nSPS) is 39.4. The smallest absolute Gasteiger partial charge is 0.311 e. The molecule has 124 valence electrons. The van der Waals surface area contributed by atoms with Crippen LogP contribution in [-0.2, 0) is 4.79 Å². The minimum Gasteiger partial charge on any atom is -0.481 e. The summed E-state index contributed by atoms with van der Waals surface area (Å²) < 4.78 is 0. The van der Waals surface area contributed by atoms with Gasteiger partial charge in [0.05, 0.1) is 22.6 Å². The Kier molecular flexibility index (Phi) is 2.64. The van der Waals surface area contributed by atoms with Crippen molar-refractivity contribution >= 4 is 17.8 Å². The fraction of sp³-hybridized carbons (Fsp3) is 0.526. The molecule has 0 aromatic heterocycles. The van der Waals surface area contributed by atoms with Gasteiger partial charge in [0.25, 0.3) is 11.8 Å². The number of benzene rings is 1. The number of amides is 2. The lowest BCUT2D eigenvalue weighted by Crippen LogP contribution is -2.66. The number of carbonyl (C=O) groups excluding carboxylic acids is 2. The van der Waals surface area contributed by atoms with Crippen LogP contribution in [0, 0.1) is 23.2 Å². The second kappa shape index (κ2) is 4.47. The van der Waals surface area contributed by atoms with Gasteiger partial charge in [-0.05, 0) is 62.0 Å². The van der Waals surface area contributed by atoms with Crippen LogP contribution in [0.25, 0.3) is 0 Å². The zero-order valence-electron chi connectivity index (χ0n) is 13.3. The molecule has 1 heterocycles. The van der Waals surface area contributed by atoms with E-state index in [9.17, 15) is 19.5 Å². The first-order chi connectivity index (χ1) is 11.5. The summed E-state index contributed by atoms with van der Waals surface area (Å²) >= 11 is 0. The van der Waals surface area contributed by atoms with Gasteiger partial charge in [-0.1, -0.05) is 12.1 Å². The Hall–Kier alpha value is -2.17. The minimum absolute atomic E-state index is 0.134. The summed E-state index contributed by atoms with van der Waals surface area (Å²) in [6, 6.07) is 6.34. The summed E-state index contributed by atoms with van der Waals surface area (Å²) in [7, 11) is 0. The third-order valence-corrected chi connectivity index (χ3v) is 6.79. The average molecular weight is 325 g/mol. The SMILES string of the molecule is O=C1c2ccccc2C(=O)N1C1C2C[C@@H]3C[C@H](C2)CC1(C(=O)O)C3. The molecule has 4 bridgehead atoms. The Morgan fingerprint density at radius 2 is 1.54 bits per heavy atom. The highest BCUT2D eigenvalue weighted by Gasteiger charge is 2.65. The topological polar surface area (TPSA) is 74.7 Å². The summed E-state index contributed by atoms with van der Waals surface area (Å²) in [5.41, 5.74) is -0.115. The Bertz CT molecular complexity index is 736. The first-order valence-electron chi connectivity index (χ1n) is 8.71. The third-order valence-electron chi connectivity index (χ3n) is 6.79. The van der Waals surface area contributed by atoms with Gasteiger partial charge in [0.15, 0.2) is 0 Å². The second-order valence-electron chi connectivity index (χ2n) is 8.04. The number of fused-ring (bicyclic) bond motifs is 1. The van der Waals surface area contributed by atoms with Crippen LogP contribution in [0.5, 0.6) is 0 Å². The van der Waals surface area contributed by atoms with Crippen LogP contribution >= 0.6 is 0 Å². The van der Waals surface area contributed by atoms with Gasteiger partial charge in [-0.25, -0.2) is 0 Å². The lowest BCUT2D eigenvalue weighted by Gasteiger charge is -2.60. The van der Waals surface area contributed by atoms with E-state index in [-0.39, 0.29) is 17.7 Å². The minimum atomic E-state index is -0.942. The third kappa shape index (κ3) is 1.57. The zero-order valence-corrected chi connectivity index (χ0v) is 13.3. The van der Waals surface area contributed by atoms with Crippen LogP contribution in [-0.4, -0.2) is 33.8 Å². The molecule has 0 spiro atoms. The molecule has 1 aliphatic heterocycles. The average Bonchev–Trinajstić information content (AvgIpc) is 2.79. The molecule has 5 nitrogen and oxygen atoms in total. The van der Waals surface area contributed by atoms with E-state index in [1.807, 2.05) is 0 Å². The number of carboxylic acid groups (broad SMARTS) is 1. The molecule has 5 atom stereocenters. The van der Waals surface area contributed by atoms with Crippen molar-refractivity contribution < 1.29 is 19.5 Å². The maximum atomic E-state index is 12.9. The predicted octanol–water partition coefficient (Wildman–Crippen LogP) is 2.56. The van der Waals surface area contributed by atoms with Crippen molar-refractivity contribution in [3.8, 4) is 0 Å². The number of imide groups is 1. The maximum absolute atomic E-state index is 12.9. The van der Waals surface area contributed by atoms with E-state index in [2.05, 4.69) is 0 Å². The highest BCUT2D eigenvalue weighted by Crippen LogP contribution is 2.62. The molecule has 1 aromatic rings. The van der Waals surface area contributed by atoms with E-state index in [1.54, 1.807) is 24.3 Å². The molecule has 0 radical (unpaired) electrons. The van der Waals surface area contributed by atoms with Crippen LogP contribution in [0.15, 0.2) is 24.3 Å². The monoisotopic (exact) mass is 325 g/mol. The first kappa shape index (κ1) is 14.2. The highest BCUT2D eigenvalue weighted by atomic mass is 16.4. The highest BCUT2D eigenvalue weighted by molar-refractivity contribution is 6.21. The molecule has 5 heteroatoms. The van der Waals surface area contributed by atoms with Gasteiger partial charge in [-0.15, -0.1) is 0 Å². The van der Waals surface area contributed by atoms with Crippen molar-refractivity contribution in [2.24, 2.45) is 23.2 Å². The van der Waals surface area contributed by atoms with E-state index in [0.29, 0.717) is 35.8 Å². The van der Waals surface area contributed by atoms with Gasteiger partial charge in [0.2, 0.25) is 0 Å². The number of rotatable bonds is 2. The Balaban J connectivity index is 1.63. The Labute approximate surface area is 139 Å². The van der Waals surface area contributed by atoms with E-state index < -0.39 is 17.4 Å². The molecule has 2 amide bonds. The number of nitrogens with zero attached hydrogens (tertiary/aromatic N) is 1. The van der Waals surface area contributed by atoms with Crippen molar-refractivity contribution in [3.05, 3.63) is 35.4 Å². The first-order valence-corrected chi connectivity index (χ1v) is 8.71. The van der Waals surface area contributed by atoms with E-state index in [4.69, 9.17) is 0 Å². The molecule has 4 fully saturated rings. The quantitative estimate of drug-likeness (QED) is 0.848. The van der Waals surface area contributed by atoms with Gasteiger partial charge >= 0.3 is 5.97 Å². The van der Waals surface area contributed by atoms with Crippen LogP contribution in [0.1, 0.15) is 52.8 Å². The number of hydrogen-bond acceptors (Lipinski definition) is 3. The van der Waals surface area contributed by atoms with Crippen LogP contribution < -0.4 is 0 Å². The van der Waals surface area contributed by atoms with Crippen molar-refractivity contribution in [1.82, 2.24) is 4.90 Å². The van der Waals surface area contributed by atoms with Gasteiger partial charge in [0, 0.05) is 0 Å². The standard InChI is InChI=1S/C19H19NO4/c21-16-13-3-1-2-4-14(13)17(22)20(16)15-12-6-10-5-11(7-12)9-19(15,8-10)18(23)24/h1-4,10-12,15H,5-9H2,(H,23,24)/t10-,11+,12?,15?,19?. The molecule has 4 aliphatic carbocycles. The lowest BCUT2D eigenvalue weighted by atomic mass is 9.47. The van der Waals surface area contributed by atoms with Crippen molar-refractivity contribution in [2.75, 3.05) is 0 Å². The summed E-state index contributed by atoms with van der Waals surface area (Å²) in [6.07, 6.45) is 4.22. The summed E-state index contributed by atoms with van der Waals surface area (Å²) in [4.78, 5) is 39.4. The molecule has 1 N–H and O–H groups in total. The fourth-order valence-electron chi connectivity index (χ4n) is 6.23. The van der Waals surface area contributed by atoms with E-state index >= 15 is 0 Å². The predicted molar refractivity (Wildman–Crippen MR) is 84.4 cm³/mol. The second-order valence-corrected chi connectivity index (χ2v) is 8.04. The molecular formula is C19H19NO4. The summed E-state index contributed by atoms with van der Waals surface area (Å²) in [5, 5.41) is 10.0. The maximum Gasteiger partial charge on any atom is 0.311 e. The Morgan fingerprint density at radius 1 is 1.00 bits per heavy atom. The summed E-state index contributed by atoms with van der Waals surface area (Å²) in [6.45, 7) is 0. The Morgan fingerprint density at radius 3 is 2.04 bits per heavy atom. The van der Waals surface area contributed by atoms with Crippen LogP contribution in [0.3, 0.4) is 0 Å². The number of aliphatic carboxylic acids is 1. The zero-order chi connectivity index (χ0) is 16.6. The molecule has 5 aliphatic rings. The lowest BCUT2D eigenvalue weighted by molar-refractivity contribution is -0.175. The molecule has 4 saturated carbocycles. The molecular weight excluding hydrogens is 306 g/mol. The van der Waals surface area contributed by atoms with Crippen molar-refractivity contribution in [1.29, 1.82) is 0 Å². The molecule has 0 saturated heterocycles. The van der Waals surface area contributed by atoms with E-state index in [0.717, 1.165) is 19.3 Å². The van der Waals surface area contributed by atoms with Gasteiger partial charge < -0.3 is 5.11 Å². The molecule has 24 heavy (non-hydrogen) atoms. The van der Waals surface area contributed by atoms with Crippen LogP contribution in [0.2, 0.25) is 0 Å². The summed E-state index contributed by atoms with van der Waals surface area (Å²) in [5.74, 6) is -0.449. The van der Waals surface area contributed by atoms with Crippen molar-refractivity contribution in [2.45, 2.75) is 38.1 Å². The fourth-order valence-corrected chi connectivity index (χ4v) is 6.23. The molecule has 6 rings (SSSR count). The van der Waals surface area contributed by atoms with Crippen molar-refractivity contribution in [3.63, 3.8) is 0 Å². The largest absolute Gasteiger partial charge is 0.481 e. The number of carbonyl (C=O) groups is 3. The van der Waals surface area contributed by atoms with Gasteiger partial charge in [-0.3, -0.25) is 19.3 Å². The molecule has 1 aromatic carbocycles. The number of carboxylic acids is 1. The van der Waals surface area contributed by atoms with Gasteiger partial charge in [0.1, 0.15) is 0 Å². The number of hydrogen-bond donors (Lipinski definition) is 1. The molecule has 3 unspecified atom stereocenters. The van der Waals surface area contributed by atoms with Crippen LogP contribution in [0.4, 0.5) is 0 Å². The van der Waals surface area contributed by atoms with Gasteiger partial charge in [-0.2, -0.15) is 0 Å². The van der Waals surface area contributed by atoms with E-state index in [1.165, 1.54) is 4.90 Å².